The lowest BCUT2D eigenvalue weighted by Gasteiger charge is -2.23. The van der Waals surface area contributed by atoms with Gasteiger partial charge < -0.3 is 20.0 Å². The van der Waals surface area contributed by atoms with Crippen molar-refractivity contribution in [2.24, 2.45) is 5.73 Å². The highest BCUT2D eigenvalue weighted by molar-refractivity contribution is 7.08. The fourth-order valence-electron chi connectivity index (χ4n) is 2.23. The van der Waals surface area contributed by atoms with Crippen molar-refractivity contribution in [2.45, 2.75) is 12.5 Å². The Morgan fingerprint density at radius 1 is 1.52 bits per heavy atom. The van der Waals surface area contributed by atoms with Crippen LogP contribution in [0.3, 0.4) is 0 Å². The quantitative estimate of drug-likeness (QED) is 0.868. The average Bonchev–Trinajstić information content (AvgIpc) is 3.00. The standard InChI is InChI=1S/C14H10N2O4S/c15-4-9-11(7-1-2-21-6-7)13-12(20-14(9)16)10(18)3-8(5-17)19-13/h1-3,6,11,17H,5,16H2/t11-/m0/s1. The van der Waals surface area contributed by atoms with Gasteiger partial charge in [-0.15, -0.1) is 0 Å². The molecular formula is C14H10N2O4S. The second kappa shape index (κ2) is 5.09. The lowest BCUT2D eigenvalue weighted by molar-refractivity contribution is 0.231. The van der Waals surface area contributed by atoms with Crippen molar-refractivity contribution in [3.8, 4) is 11.8 Å². The third-order valence-corrected chi connectivity index (χ3v) is 3.86. The molecule has 106 valence electrons. The molecule has 0 unspecified atom stereocenters. The number of fused-ring (bicyclic) bond motifs is 1. The molecule has 2 aromatic rings. The summed E-state index contributed by atoms with van der Waals surface area (Å²) in [7, 11) is 0. The summed E-state index contributed by atoms with van der Waals surface area (Å²) < 4.78 is 10.8. The Labute approximate surface area is 123 Å². The van der Waals surface area contributed by atoms with Crippen LogP contribution in [0.15, 0.2) is 43.6 Å². The van der Waals surface area contributed by atoms with Gasteiger partial charge >= 0.3 is 0 Å². The average molecular weight is 302 g/mol. The van der Waals surface area contributed by atoms with E-state index in [1.165, 1.54) is 11.3 Å². The number of aliphatic hydroxyl groups excluding tert-OH is 1. The molecule has 21 heavy (non-hydrogen) atoms. The molecule has 0 aliphatic carbocycles. The Bertz CT molecular complexity index is 814. The van der Waals surface area contributed by atoms with Gasteiger partial charge in [0, 0.05) is 6.07 Å². The van der Waals surface area contributed by atoms with Crippen LogP contribution in [-0.4, -0.2) is 5.11 Å². The summed E-state index contributed by atoms with van der Waals surface area (Å²) in [6.07, 6.45) is 0. The first-order valence-electron chi connectivity index (χ1n) is 6.03. The van der Waals surface area contributed by atoms with Crippen LogP contribution in [0.5, 0.6) is 5.75 Å². The van der Waals surface area contributed by atoms with E-state index >= 15 is 0 Å². The van der Waals surface area contributed by atoms with Gasteiger partial charge in [-0.2, -0.15) is 16.6 Å². The topological polar surface area (TPSA) is 109 Å². The number of hydrogen-bond donors (Lipinski definition) is 2. The van der Waals surface area contributed by atoms with E-state index in [0.29, 0.717) is 0 Å². The van der Waals surface area contributed by atoms with Crippen LogP contribution in [0, 0.1) is 11.3 Å². The number of nitrogens with zero attached hydrogens (tertiary/aromatic N) is 1. The second-order valence-electron chi connectivity index (χ2n) is 4.41. The van der Waals surface area contributed by atoms with Crippen LogP contribution >= 0.6 is 11.3 Å². The van der Waals surface area contributed by atoms with Gasteiger partial charge in [-0.05, 0) is 22.4 Å². The van der Waals surface area contributed by atoms with Crippen molar-refractivity contribution in [1.29, 1.82) is 5.26 Å². The third kappa shape index (κ3) is 2.11. The van der Waals surface area contributed by atoms with E-state index in [4.69, 9.17) is 14.9 Å². The van der Waals surface area contributed by atoms with E-state index in [-0.39, 0.29) is 28.7 Å². The molecule has 1 atom stereocenters. The van der Waals surface area contributed by atoms with Crippen LogP contribution in [0.4, 0.5) is 0 Å². The first kappa shape index (κ1) is 13.4. The predicted molar refractivity (Wildman–Crippen MR) is 74.5 cm³/mol. The minimum atomic E-state index is -0.607. The van der Waals surface area contributed by atoms with Crippen molar-refractivity contribution >= 4 is 11.3 Å². The summed E-state index contributed by atoms with van der Waals surface area (Å²) in [6.45, 7) is -0.417. The molecule has 0 aromatic carbocycles. The fourth-order valence-corrected chi connectivity index (χ4v) is 2.92. The molecule has 3 heterocycles. The van der Waals surface area contributed by atoms with Gasteiger partial charge in [-0.25, -0.2) is 0 Å². The van der Waals surface area contributed by atoms with Gasteiger partial charge in [0.15, 0.2) is 5.76 Å². The highest BCUT2D eigenvalue weighted by Gasteiger charge is 2.35. The third-order valence-electron chi connectivity index (χ3n) is 3.16. The Kier molecular flexibility index (Phi) is 3.25. The molecule has 0 saturated carbocycles. The Balaban J connectivity index is 2.30. The monoisotopic (exact) mass is 302 g/mol. The van der Waals surface area contributed by atoms with Crippen LogP contribution in [0.2, 0.25) is 0 Å². The van der Waals surface area contributed by atoms with Crippen LogP contribution in [0.25, 0.3) is 0 Å². The number of nitriles is 1. The van der Waals surface area contributed by atoms with E-state index in [0.717, 1.165) is 11.6 Å². The molecule has 1 aliphatic heterocycles. The first-order chi connectivity index (χ1) is 10.2. The molecule has 1 aliphatic rings. The number of nitrogens with two attached hydrogens (primary N) is 1. The number of aliphatic hydroxyl groups is 1. The number of hydrogen-bond acceptors (Lipinski definition) is 7. The van der Waals surface area contributed by atoms with Crippen molar-refractivity contribution in [3.05, 3.63) is 61.7 Å². The molecule has 7 heteroatoms. The van der Waals surface area contributed by atoms with Gasteiger partial charge in [0.05, 0.1) is 5.92 Å². The van der Waals surface area contributed by atoms with E-state index in [1.807, 2.05) is 22.9 Å². The predicted octanol–water partition coefficient (Wildman–Crippen LogP) is 1.41. The minimum Gasteiger partial charge on any atom is -0.458 e. The molecule has 0 bridgehead atoms. The van der Waals surface area contributed by atoms with E-state index in [1.54, 1.807) is 0 Å². The zero-order valence-corrected chi connectivity index (χ0v) is 11.5. The largest absolute Gasteiger partial charge is 0.458 e. The Morgan fingerprint density at radius 2 is 2.33 bits per heavy atom. The van der Waals surface area contributed by atoms with E-state index in [9.17, 15) is 15.2 Å². The van der Waals surface area contributed by atoms with Crippen LogP contribution < -0.4 is 15.9 Å². The van der Waals surface area contributed by atoms with Crippen molar-refractivity contribution < 1.29 is 14.3 Å². The van der Waals surface area contributed by atoms with E-state index < -0.39 is 18.0 Å². The number of thiophene rings is 1. The number of allylic oxidation sites excluding steroid dienone is 1. The molecule has 3 N–H and O–H groups in total. The summed E-state index contributed by atoms with van der Waals surface area (Å²) >= 11 is 1.45. The van der Waals surface area contributed by atoms with Gasteiger partial charge in [-0.1, -0.05) is 0 Å². The smallest absolute Gasteiger partial charge is 0.228 e. The molecule has 0 radical (unpaired) electrons. The van der Waals surface area contributed by atoms with Gasteiger partial charge in [0.2, 0.25) is 17.1 Å². The summed E-state index contributed by atoms with van der Waals surface area (Å²) in [4.78, 5) is 12.0. The highest BCUT2D eigenvalue weighted by atomic mass is 32.1. The lowest BCUT2D eigenvalue weighted by atomic mass is 9.89. The zero-order valence-electron chi connectivity index (χ0n) is 10.7. The zero-order chi connectivity index (χ0) is 15.0. The summed E-state index contributed by atoms with van der Waals surface area (Å²) in [5.41, 5.74) is 6.26. The van der Waals surface area contributed by atoms with E-state index in [2.05, 4.69) is 0 Å². The van der Waals surface area contributed by atoms with Gasteiger partial charge in [0.1, 0.15) is 24.0 Å². The molecule has 0 amide bonds. The lowest BCUT2D eigenvalue weighted by Crippen LogP contribution is -2.25. The molecule has 0 spiro atoms. The van der Waals surface area contributed by atoms with Crippen LogP contribution in [0.1, 0.15) is 23.0 Å². The number of ether oxygens (including phenoxy) is 1. The molecule has 2 aromatic heterocycles. The summed E-state index contributed by atoms with van der Waals surface area (Å²) in [6, 6.07) is 4.97. The maximum Gasteiger partial charge on any atom is 0.228 e. The molecule has 6 nitrogen and oxygen atoms in total. The summed E-state index contributed by atoms with van der Waals surface area (Å²) in [5.74, 6) is -0.453. The van der Waals surface area contributed by atoms with Gasteiger partial charge in [0.25, 0.3) is 0 Å². The SMILES string of the molecule is N#CC1=C(N)Oc2c(oc(CO)cc2=O)[C@H]1c1ccsc1. The first-order valence-corrected chi connectivity index (χ1v) is 6.97. The minimum absolute atomic E-state index is 0.0418. The van der Waals surface area contributed by atoms with Crippen molar-refractivity contribution in [1.82, 2.24) is 0 Å². The molecule has 0 saturated heterocycles. The Hall–Kier alpha value is -2.56. The fraction of sp³-hybridized carbons (Fsp3) is 0.143. The molecular weight excluding hydrogens is 292 g/mol. The second-order valence-corrected chi connectivity index (χ2v) is 5.19. The Morgan fingerprint density at radius 3 is 2.95 bits per heavy atom. The normalized spacial score (nSPS) is 17.0. The summed E-state index contributed by atoms with van der Waals surface area (Å²) in [5, 5.41) is 22.2. The van der Waals surface area contributed by atoms with Crippen molar-refractivity contribution in [2.75, 3.05) is 0 Å². The highest BCUT2D eigenvalue weighted by Crippen LogP contribution is 2.41. The van der Waals surface area contributed by atoms with Crippen LogP contribution in [-0.2, 0) is 6.61 Å². The maximum absolute atomic E-state index is 12.0. The maximum atomic E-state index is 12.0. The van der Waals surface area contributed by atoms with Gasteiger partial charge in [-0.3, -0.25) is 4.79 Å². The van der Waals surface area contributed by atoms with Crippen molar-refractivity contribution in [3.63, 3.8) is 0 Å². The molecule has 3 rings (SSSR count). The number of rotatable bonds is 2. The molecule has 0 fully saturated rings.